The van der Waals surface area contributed by atoms with E-state index in [2.05, 4.69) is 6.07 Å². The van der Waals surface area contributed by atoms with Crippen LogP contribution >= 0.6 is 0 Å². The fraction of sp³-hybridized carbons (Fsp3) is 0. The van der Waals surface area contributed by atoms with Crippen molar-refractivity contribution in [3.8, 4) is 33.4 Å². The molecule has 0 saturated heterocycles. The van der Waals surface area contributed by atoms with Crippen molar-refractivity contribution in [1.29, 1.82) is 0 Å². The van der Waals surface area contributed by atoms with Crippen molar-refractivity contribution in [2.45, 2.75) is 0 Å². The molecule has 8 aromatic carbocycles. The van der Waals surface area contributed by atoms with Crippen LogP contribution in [-0.4, -0.2) is 0 Å². The van der Waals surface area contributed by atoms with Gasteiger partial charge in [-0.25, -0.2) is 0 Å². The highest BCUT2D eigenvalue weighted by molar-refractivity contribution is 6.15. The van der Waals surface area contributed by atoms with Crippen LogP contribution in [0.5, 0.6) is 0 Å². The van der Waals surface area contributed by atoms with E-state index in [9.17, 15) is 11.0 Å². The molecule has 0 bridgehead atoms. The molecule has 0 atom stereocenters. The van der Waals surface area contributed by atoms with Gasteiger partial charge in [-0.05, 0) is 81.6 Å². The summed E-state index contributed by atoms with van der Waals surface area (Å²) in [5, 5.41) is 3.91. The monoisotopic (exact) mass is 621 g/mol. The molecule has 0 amide bonds. The van der Waals surface area contributed by atoms with Crippen LogP contribution in [0.2, 0.25) is 0 Å². The standard InChI is InChI=1S/C46H31NO/c1-3-11-32(12-4-1)34-19-25-38(26-20-34)47(39-27-21-35(22-28-39)33-13-5-2-6-14-33)44-18-10-9-16-40(44)37-24-29-42-43-30-23-36-15-7-8-17-41(36)46(43)48-45(42)31-37/h1-31H/i19D,20D,21D,22D,25D,26D,27D,28D. The summed E-state index contributed by atoms with van der Waals surface area (Å²) >= 11 is 0. The lowest BCUT2D eigenvalue weighted by atomic mass is 9.99. The fourth-order valence-corrected chi connectivity index (χ4v) is 6.27. The Morgan fingerprint density at radius 2 is 0.979 bits per heavy atom. The van der Waals surface area contributed by atoms with Crippen molar-refractivity contribution >= 4 is 49.8 Å². The van der Waals surface area contributed by atoms with E-state index in [0.29, 0.717) is 33.5 Å². The minimum Gasteiger partial charge on any atom is -0.455 e. The van der Waals surface area contributed by atoms with Gasteiger partial charge in [-0.1, -0.05) is 139 Å². The quantitative estimate of drug-likeness (QED) is 0.184. The Morgan fingerprint density at radius 3 is 1.65 bits per heavy atom. The molecular formula is C46H31NO. The Balaban J connectivity index is 1.33. The summed E-state index contributed by atoms with van der Waals surface area (Å²) < 4.78 is 81.0. The predicted molar refractivity (Wildman–Crippen MR) is 202 cm³/mol. The highest BCUT2D eigenvalue weighted by atomic mass is 16.3. The van der Waals surface area contributed by atoms with Gasteiger partial charge in [0.1, 0.15) is 11.2 Å². The molecule has 9 rings (SSSR count). The van der Waals surface area contributed by atoms with Gasteiger partial charge in [0.25, 0.3) is 0 Å². The molecule has 0 saturated carbocycles. The highest BCUT2D eigenvalue weighted by Crippen LogP contribution is 2.43. The second-order valence-corrected chi connectivity index (χ2v) is 11.5. The largest absolute Gasteiger partial charge is 0.455 e. The molecule has 0 aliphatic carbocycles. The van der Waals surface area contributed by atoms with Crippen molar-refractivity contribution in [3.63, 3.8) is 0 Å². The zero-order valence-corrected chi connectivity index (χ0v) is 25.6. The molecule has 0 radical (unpaired) electrons. The minimum absolute atomic E-state index is 0.111. The first-order valence-electron chi connectivity index (χ1n) is 19.7. The van der Waals surface area contributed by atoms with Crippen LogP contribution in [0.15, 0.2) is 192 Å². The number of hydrogen-bond acceptors (Lipinski definition) is 2. The molecule has 0 unspecified atom stereocenters. The number of benzene rings is 8. The summed E-state index contributed by atoms with van der Waals surface area (Å²) in [4.78, 5) is 1.36. The van der Waals surface area contributed by atoms with Gasteiger partial charge in [0, 0.05) is 33.1 Å². The van der Waals surface area contributed by atoms with Crippen molar-refractivity contribution < 1.29 is 15.4 Å². The second kappa shape index (κ2) is 11.8. The van der Waals surface area contributed by atoms with Gasteiger partial charge in [0.15, 0.2) is 0 Å². The lowest BCUT2D eigenvalue weighted by Crippen LogP contribution is -2.11. The third kappa shape index (κ3) is 4.92. The summed E-state index contributed by atoms with van der Waals surface area (Å²) in [6.07, 6.45) is 0. The molecule has 0 N–H and O–H groups in total. The molecule has 1 heterocycles. The maximum absolute atomic E-state index is 9.42. The molecule has 226 valence electrons. The van der Waals surface area contributed by atoms with Crippen LogP contribution in [0.25, 0.3) is 66.1 Å². The molecule has 9 aromatic rings. The number of nitrogens with zero attached hydrogens (tertiary/aromatic N) is 1. The van der Waals surface area contributed by atoms with Crippen molar-refractivity contribution in [2.24, 2.45) is 0 Å². The molecular weight excluding hydrogens is 583 g/mol. The van der Waals surface area contributed by atoms with E-state index in [4.69, 9.17) is 4.42 Å². The van der Waals surface area contributed by atoms with Crippen LogP contribution in [0.4, 0.5) is 17.1 Å². The predicted octanol–water partition coefficient (Wildman–Crippen LogP) is 13.2. The highest BCUT2D eigenvalue weighted by Gasteiger charge is 2.19. The van der Waals surface area contributed by atoms with E-state index >= 15 is 0 Å². The third-order valence-electron chi connectivity index (χ3n) is 8.62. The zero-order valence-electron chi connectivity index (χ0n) is 33.6. The number of hydrogen-bond donors (Lipinski definition) is 0. The van der Waals surface area contributed by atoms with Crippen molar-refractivity contribution in [2.75, 3.05) is 4.90 Å². The summed E-state index contributed by atoms with van der Waals surface area (Å²) in [5.41, 5.74) is 3.79. The van der Waals surface area contributed by atoms with Gasteiger partial charge >= 0.3 is 0 Å². The fourth-order valence-electron chi connectivity index (χ4n) is 6.27. The van der Waals surface area contributed by atoms with Crippen LogP contribution in [-0.2, 0) is 0 Å². The Labute approximate surface area is 291 Å². The third-order valence-corrected chi connectivity index (χ3v) is 8.62. The molecule has 0 aliphatic rings. The van der Waals surface area contributed by atoms with Crippen molar-refractivity contribution in [3.05, 3.63) is 188 Å². The Hall–Kier alpha value is -6.38. The summed E-state index contributed by atoms with van der Waals surface area (Å²) in [7, 11) is 0. The number of furan rings is 1. The molecule has 1 aromatic heterocycles. The van der Waals surface area contributed by atoms with E-state index < -0.39 is 24.2 Å². The van der Waals surface area contributed by atoms with Crippen LogP contribution in [0.1, 0.15) is 11.0 Å². The summed E-state index contributed by atoms with van der Waals surface area (Å²) in [5.74, 6) is 0. The van der Waals surface area contributed by atoms with Gasteiger partial charge in [0.2, 0.25) is 0 Å². The number of anilines is 3. The second-order valence-electron chi connectivity index (χ2n) is 11.5. The SMILES string of the molecule is [2H]c1c([2H])c(N(c2ccccc2-c2ccc3c(c2)oc2c4ccccc4ccc32)c2c([2H])c([2H])c(-c3ccccc3)c([2H])c2[2H])c([2H])c([2H])c1-c1ccccc1. The molecule has 2 heteroatoms. The average Bonchev–Trinajstić information content (AvgIpc) is 3.61. The number of para-hydroxylation sites is 1. The lowest BCUT2D eigenvalue weighted by Gasteiger charge is -2.28. The number of fused-ring (bicyclic) bond motifs is 5. The van der Waals surface area contributed by atoms with Crippen LogP contribution in [0, 0.1) is 0 Å². The molecule has 48 heavy (non-hydrogen) atoms. The van der Waals surface area contributed by atoms with E-state index in [0.717, 1.165) is 27.1 Å². The van der Waals surface area contributed by atoms with Crippen LogP contribution < -0.4 is 4.90 Å². The van der Waals surface area contributed by atoms with Gasteiger partial charge < -0.3 is 9.32 Å². The Morgan fingerprint density at radius 1 is 0.417 bits per heavy atom. The summed E-state index contributed by atoms with van der Waals surface area (Å²) in [6, 6.07) is 39.8. The van der Waals surface area contributed by atoms with E-state index in [1.165, 1.54) is 4.90 Å². The topological polar surface area (TPSA) is 16.4 Å². The van der Waals surface area contributed by atoms with E-state index in [-0.39, 0.29) is 46.7 Å². The first kappa shape index (κ1) is 20.7. The van der Waals surface area contributed by atoms with E-state index in [1.807, 2.05) is 60.7 Å². The normalized spacial score (nSPS) is 13.7. The van der Waals surface area contributed by atoms with Gasteiger partial charge in [-0.2, -0.15) is 0 Å². The Kier molecular flexibility index (Phi) is 5.07. The zero-order chi connectivity index (χ0) is 38.8. The average molecular weight is 622 g/mol. The van der Waals surface area contributed by atoms with Gasteiger partial charge in [-0.15, -0.1) is 0 Å². The first-order chi connectivity index (χ1) is 27.2. The van der Waals surface area contributed by atoms with Crippen LogP contribution in [0.3, 0.4) is 0 Å². The maximum atomic E-state index is 9.42. The molecule has 0 spiro atoms. The van der Waals surface area contributed by atoms with E-state index in [1.54, 1.807) is 72.8 Å². The Bertz CT molecular complexity index is 2850. The van der Waals surface area contributed by atoms with Crippen molar-refractivity contribution in [1.82, 2.24) is 0 Å². The molecule has 0 fully saturated rings. The summed E-state index contributed by atoms with van der Waals surface area (Å²) in [6.45, 7) is 0. The lowest BCUT2D eigenvalue weighted by molar-refractivity contribution is 0.673. The minimum atomic E-state index is -0.400. The smallest absolute Gasteiger partial charge is 0.143 e. The molecule has 0 aliphatic heterocycles. The first-order valence-corrected chi connectivity index (χ1v) is 15.7. The van der Waals surface area contributed by atoms with Gasteiger partial charge in [-0.3, -0.25) is 0 Å². The molecule has 2 nitrogen and oxygen atoms in total. The maximum Gasteiger partial charge on any atom is 0.143 e. The number of rotatable bonds is 6. The van der Waals surface area contributed by atoms with Gasteiger partial charge in [0.05, 0.1) is 16.7 Å².